The first-order chi connectivity index (χ1) is 5.36. The minimum absolute atomic E-state index is 0.128. The maximum Gasteiger partial charge on any atom is 0.542 e. The molecule has 2 heterocycles. The Kier molecular flexibility index (Phi) is 1.15. The molecule has 2 aromatic heterocycles. The Labute approximate surface area is 60.2 Å². The highest BCUT2D eigenvalue weighted by atomic mass is 16.6. The summed E-state index contributed by atoms with van der Waals surface area (Å²) in [4.78, 5) is 10.4. The van der Waals surface area contributed by atoms with Gasteiger partial charge in [0.05, 0.1) is 11.8 Å². The Morgan fingerprint density at radius 3 is 2.91 bits per heavy atom. The van der Waals surface area contributed by atoms with Crippen molar-refractivity contribution in [2.24, 2.45) is 0 Å². The fraction of sp³-hybridized carbons (Fsp3) is 0. The Bertz CT molecular complexity index is 383. The van der Waals surface area contributed by atoms with E-state index in [9.17, 15) is 4.79 Å². The van der Waals surface area contributed by atoms with Crippen molar-refractivity contribution in [3.8, 4) is 11.5 Å². The van der Waals surface area contributed by atoms with Gasteiger partial charge in [0.2, 0.25) is 0 Å². The van der Waals surface area contributed by atoms with Gasteiger partial charge in [-0.05, 0) is 11.2 Å². The van der Waals surface area contributed by atoms with E-state index >= 15 is 0 Å². The molecule has 0 spiro atoms. The number of hydrogen-bond acceptors (Lipinski definition) is 5. The molecule has 0 radical (unpaired) electrons. The molecule has 0 saturated carbocycles. The molecule has 56 valence electrons. The average Bonchev–Trinajstić information content (AvgIpc) is 2.55. The van der Waals surface area contributed by atoms with Gasteiger partial charge in [-0.25, -0.2) is 4.79 Å². The second-order valence-electron chi connectivity index (χ2n) is 1.85. The molecule has 0 aliphatic heterocycles. The molecule has 0 aromatic carbocycles. The topological polar surface area (TPSA) is 69.4 Å². The predicted octanol–water partition coefficient (Wildman–Crippen LogP) is 0.888. The van der Waals surface area contributed by atoms with Crippen LogP contribution in [-0.4, -0.2) is 5.16 Å². The molecule has 0 atom stereocenters. The van der Waals surface area contributed by atoms with E-state index in [-0.39, 0.29) is 5.89 Å². The smallest absolute Gasteiger partial charge is 0.472 e. The minimum Gasteiger partial charge on any atom is -0.472 e. The van der Waals surface area contributed by atoms with Crippen LogP contribution in [0.2, 0.25) is 0 Å². The summed E-state index contributed by atoms with van der Waals surface area (Å²) in [5.41, 5.74) is 0.579. The molecule has 0 N–H and O–H groups in total. The van der Waals surface area contributed by atoms with Crippen LogP contribution in [0.25, 0.3) is 11.5 Å². The quantitative estimate of drug-likeness (QED) is 0.608. The summed E-state index contributed by atoms with van der Waals surface area (Å²) in [5, 5.41) is 3.34. The first-order valence-electron chi connectivity index (χ1n) is 2.85. The summed E-state index contributed by atoms with van der Waals surface area (Å²) in [7, 11) is 0. The SMILES string of the molecule is O=c1onc(-c2ccoc2)o1. The van der Waals surface area contributed by atoms with E-state index in [0.717, 1.165) is 0 Å². The molecular formula is C6H3NO4. The highest BCUT2D eigenvalue weighted by Crippen LogP contribution is 2.14. The van der Waals surface area contributed by atoms with Crippen molar-refractivity contribution in [1.82, 2.24) is 5.16 Å². The molecule has 11 heavy (non-hydrogen) atoms. The van der Waals surface area contributed by atoms with Crippen molar-refractivity contribution in [3.05, 3.63) is 29.2 Å². The maximum absolute atomic E-state index is 10.4. The number of rotatable bonds is 1. The van der Waals surface area contributed by atoms with Gasteiger partial charge in [0.1, 0.15) is 6.26 Å². The minimum atomic E-state index is -0.818. The van der Waals surface area contributed by atoms with E-state index in [1.165, 1.54) is 12.5 Å². The molecule has 5 nitrogen and oxygen atoms in total. The summed E-state index contributed by atoms with van der Waals surface area (Å²) < 4.78 is 13.4. The number of nitrogens with zero attached hydrogens (tertiary/aromatic N) is 1. The van der Waals surface area contributed by atoms with Gasteiger partial charge in [0.25, 0.3) is 5.89 Å². The number of aromatic nitrogens is 1. The standard InChI is InChI=1S/C6H3NO4/c8-6-10-5(7-11-6)4-1-2-9-3-4/h1-3H. The normalized spacial score (nSPS) is 10.2. The van der Waals surface area contributed by atoms with Crippen LogP contribution >= 0.6 is 0 Å². The largest absolute Gasteiger partial charge is 0.542 e. The summed E-state index contributed by atoms with van der Waals surface area (Å²) in [6.07, 6.45) is 2.85. The van der Waals surface area contributed by atoms with Crippen molar-refractivity contribution in [2.45, 2.75) is 0 Å². The van der Waals surface area contributed by atoms with Gasteiger partial charge in [-0.1, -0.05) is 0 Å². The van der Waals surface area contributed by atoms with Gasteiger partial charge in [0.15, 0.2) is 0 Å². The third-order valence-corrected chi connectivity index (χ3v) is 1.15. The van der Waals surface area contributed by atoms with Crippen molar-refractivity contribution >= 4 is 0 Å². The Morgan fingerprint density at radius 2 is 2.36 bits per heavy atom. The van der Waals surface area contributed by atoms with Crippen molar-refractivity contribution in [2.75, 3.05) is 0 Å². The van der Waals surface area contributed by atoms with Crippen LogP contribution in [0.5, 0.6) is 0 Å². The second kappa shape index (κ2) is 2.12. The van der Waals surface area contributed by atoms with Gasteiger partial charge < -0.3 is 8.83 Å². The molecule has 0 saturated heterocycles. The Balaban J connectivity index is 2.53. The Hall–Kier alpha value is -1.78. The van der Waals surface area contributed by atoms with Crippen LogP contribution in [0.1, 0.15) is 0 Å². The first kappa shape index (κ1) is 5.96. The van der Waals surface area contributed by atoms with Crippen LogP contribution < -0.4 is 5.82 Å². The van der Waals surface area contributed by atoms with Gasteiger partial charge in [-0.3, -0.25) is 4.52 Å². The fourth-order valence-electron chi connectivity index (χ4n) is 0.693. The summed E-state index contributed by atoms with van der Waals surface area (Å²) in [5.74, 6) is -0.690. The number of furan rings is 1. The summed E-state index contributed by atoms with van der Waals surface area (Å²) in [6.45, 7) is 0. The van der Waals surface area contributed by atoms with E-state index in [4.69, 9.17) is 4.42 Å². The zero-order valence-corrected chi connectivity index (χ0v) is 5.31. The van der Waals surface area contributed by atoms with Crippen LogP contribution in [0.15, 0.2) is 36.7 Å². The van der Waals surface area contributed by atoms with Crippen LogP contribution in [0.4, 0.5) is 0 Å². The lowest BCUT2D eigenvalue weighted by molar-refractivity contribution is 0.335. The second-order valence-corrected chi connectivity index (χ2v) is 1.85. The zero-order chi connectivity index (χ0) is 7.68. The Morgan fingerprint density at radius 1 is 1.45 bits per heavy atom. The zero-order valence-electron chi connectivity index (χ0n) is 5.31. The van der Waals surface area contributed by atoms with E-state index in [2.05, 4.69) is 14.1 Å². The van der Waals surface area contributed by atoms with E-state index in [0.29, 0.717) is 5.56 Å². The van der Waals surface area contributed by atoms with Crippen LogP contribution in [-0.2, 0) is 0 Å². The summed E-state index contributed by atoms with van der Waals surface area (Å²) in [6, 6.07) is 1.61. The molecule has 0 aliphatic rings. The third kappa shape index (κ3) is 0.958. The highest BCUT2D eigenvalue weighted by Gasteiger charge is 2.06. The van der Waals surface area contributed by atoms with Gasteiger partial charge >= 0.3 is 5.82 Å². The highest BCUT2D eigenvalue weighted by molar-refractivity contribution is 5.48. The first-order valence-corrected chi connectivity index (χ1v) is 2.85. The van der Waals surface area contributed by atoms with Gasteiger partial charge in [-0.15, -0.1) is 0 Å². The van der Waals surface area contributed by atoms with Gasteiger partial charge in [0, 0.05) is 0 Å². The lowest BCUT2D eigenvalue weighted by atomic mass is 10.3. The van der Waals surface area contributed by atoms with Crippen molar-refractivity contribution in [1.29, 1.82) is 0 Å². The molecule has 0 unspecified atom stereocenters. The maximum atomic E-state index is 10.4. The predicted molar refractivity (Wildman–Crippen MR) is 32.7 cm³/mol. The van der Waals surface area contributed by atoms with E-state index in [1.807, 2.05) is 0 Å². The van der Waals surface area contributed by atoms with Crippen molar-refractivity contribution in [3.63, 3.8) is 0 Å². The molecule has 0 bridgehead atoms. The van der Waals surface area contributed by atoms with E-state index < -0.39 is 5.82 Å². The van der Waals surface area contributed by atoms with Crippen LogP contribution in [0.3, 0.4) is 0 Å². The molecular weight excluding hydrogens is 150 g/mol. The molecule has 2 aromatic rings. The monoisotopic (exact) mass is 153 g/mol. The molecule has 0 fully saturated rings. The van der Waals surface area contributed by atoms with Crippen molar-refractivity contribution < 1.29 is 13.4 Å². The third-order valence-electron chi connectivity index (χ3n) is 1.15. The van der Waals surface area contributed by atoms with Gasteiger partial charge in [-0.2, -0.15) is 0 Å². The lowest BCUT2D eigenvalue weighted by Crippen LogP contribution is -1.85. The van der Waals surface area contributed by atoms with E-state index in [1.54, 1.807) is 6.07 Å². The summed E-state index contributed by atoms with van der Waals surface area (Å²) >= 11 is 0. The molecule has 0 amide bonds. The lowest BCUT2D eigenvalue weighted by Gasteiger charge is -1.77. The number of hydrogen-bond donors (Lipinski definition) is 0. The fourth-order valence-corrected chi connectivity index (χ4v) is 0.693. The molecule has 2 rings (SSSR count). The average molecular weight is 153 g/mol. The molecule has 5 heteroatoms. The van der Waals surface area contributed by atoms with Crippen LogP contribution in [0, 0.1) is 0 Å². The molecule has 0 aliphatic carbocycles.